The Hall–Kier alpha value is -3.63. The lowest BCUT2D eigenvalue weighted by Crippen LogP contribution is -2.55. The predicted octanol–water partition coefficient (Wildman–Crippen LogP) is 2.90. The zero-order chi connectivity index (χ0) is 30.5. The normalized spacial score (nSPS) is 23.3. The van der Waals surface area contributed by atoms with Gasteiger partial charge in [0.05, 0.1) is 11.1 Å². The molecule has 0 bridgehead atoms. The number of benzene rings is 2. The quantitative estimate of drug-likeness (QED) is 0.328. The molecule has 0 radical (unpaired) electrons. The number of fused-ring (bicyclic) bond motifs is 1. The molecule has 1 saturated carbocycles. The Kier molecular flexibility index (Phi) is 9.87. The van der Waals surface area contributed by atoms with Crippen LogP contribution in [0.5, 0.6) is 5.75 Å². The first kappa shape index (κ1) is 30.8. The van der Waals surface area contributed by atoms with Crippen LogP contribution in [0.2, 0.25) is 10.0 Å². The molecule has 1 unspecified atom stereocenters. The van der Waals surface area contributed by atoms with E-state index in [2.05, 4.69) is 16.0 Å². The standard InChI is InChI=1S/C31H34Cl2N4O6/c32-21-9-10-25(23(33)14-21)43-17-26(38)37-16-20-7-4-8-22(20)27(37)30(41)36-24(13-19-11-12-34-29(19)40)28(39)31(42)35-15-18-5-2-1-3-6-18/h1-3,5-6,9-10,14,19-20,22,24,27H,4,7-8,11-13,15-17H2,(H,34,40)(H,35,42)(H,36,41)/t19-,20-,22+,24-,27?/m0/s1. The third-order valence-corrected chi connectivity index (χ3v) is 9.09. The topological polar surface area (TPSA) is 134 Å². The summed E-state index contributed by atoms with van der Waals surface area (Å²) in [5, 5.41) is 8.82. The van der Waals surface area contributed by atoms with Crippen molar-refractivity contribution in [1.29, 1.82) is 0 Å². The minimum absolute atomic E-state index is 0.0118. The van der Waals surface area contributed by atoms with Gasteiger partial charge in [0.1, 0.15) is 11.8 Å². The number of Topliss-reactive ketones (excluding diaryl/α,β-unsaturated/α-hetero) is 1. The van der Waals surface area contributed by atoms with Crippen molar-refractivity contribution < 1.29 is 28.7 Å². The van der Waals surface area contributed by atoms with E-state index in [0.29, 0.717) is 30.3 Å². The van der Waals surface area contributed by atoms with Gasteiger partial charge in [-0.3, -0.25) is 24.0 Å². The minimum Gasteiger partial charge on any atom is -0.482 e. The Bertz CT molecular complexity index is 1390. The number of nitrogens with zero attached hydrogens (tertiary/aromatic N) is 1. The molecule has 10 nitrogen and oxygen atoms in total. The maximum absolute atomic E-state index is 13.9. The number of likely N-dealkylation sites (tertiary alicyclic amines) is 1. The molecule has 12 heteroatoms. The molecular formula is C31H34Cl2N4O6. The van der Waals surface area contributed by atoms with Gasteiger partial charge in [0.2, 0.25) is 17.6 Å². The van der Waals surface area contributed by atoms with Crippen LogP contribution in [0.15, 0.2) is 48.5 Å². The van der Waals surface area contributed by atoms with E-state index >= 15 is 0 Å². The summed E-state index contributed by atoms with van der Waals surface area (Å²) in [7, 11) is 0. The summed E-state index contributed by atoms with van der Waals surface area (Å²) in [6.07, 6.45) is 3.06. The summed E-state index contributed by atoms with van der Waals surface area (Å²) in [4.78, 5) is 67.4. The van der Waals surface area contributed by atoms with Crippen molar-refractivity contribution in [2.75, 3.05) is 19.7 Å². The molecule has 2 saturated heterocycles. The Morgan fingerprint density at radius 3 is 2.56 bits per heavy atom. The zero-order valence-electron chi connectivity index (χ0n) is 23.5. The fourth-order valence-corrected chi connectivity index (χ4v) is 6.84. The number of carbonyl (C=O) groups is 5. The van der Waals surface area contributed by atoms with E-state index in [1.54, 1.807) is 12.1 Å². The molecular weight excluding hydrogens is 595 g/mol. The van der Waals surface area contributed by atoms with E-state index in [-0.39, 0.29) is 48.2 Å². The summed E-state index contributed by atoms with van der Waals surface area (Å²) in [5.74, 6) is -2.97. The number of ether oxygens (including phenoxy) is 1. The van der Waals surface area contributed by atoms with Gasteiger partial charge in [-0.05, 0) is 61.3 Å². The molecule has 0 aromatic heterocycles. The van der Waals surface area contributed by atoms with E-state index in [4.69, 9.17) is 27.9 Å². The SMILES string of the molecule is O=C(NCc1ccccc1)C(=O)[C@H](C[C@@H]1CCNC1=O)NC(=O)C1[C@@H]2CCC[C@H]2CN1C(=O)COc1ccc(Cl)cc1Cl. The van der Waals surface area contributed by atoms with Crippen LogP contribution in [0.3, 0.4) is 0 Å². The number of rotatable bonds is 11. The lowest BCUT2D eigenvalue weighted by atomic mass is 9.91. The third kappa shape index (κ3) is 7.30. The van der Waals surface area contributed by atoms with Crippen molar-refractivity contribution >= 4 is 52.6 Å². The summed E-state index contributed by atoms with van der Waals surface area (Å²) >= 11 is 12.1. The number of hydrogen-bond acceptors (Lipinski definition) is 6. The van der Waals surface area contributed by atoms with Crippen molar-refractivity contribution in [3.8, 4) is 5.75 Å². The van der Waals surface area contributed by atoms with Gasteiger partial charge in [-0.15, -0.1) is 0 Å². The van der Waals surface area contributed by atoms with E-state index in [1.165, 1.54) is 11.0 Å². The van der Waals surface area contributed by atoms with E-state index in [9.17, 15) is 24.0 Å². The van der Waals surface area contributed by atoms with Crippen LogP contribution in [0, 0.1) is 17.8 Å². The van der Waals surface area contributed by atoms with Gasteiger partial charge in [0.15, 0.2) is 6.61 Å². The molecule has 5 rings (SSSR count). The average molecular weight is 630 g/mol. The van der Waals surface area contributed by atoms with Gasteiger partial charge in [-0.2, -0.15) is 0 Å². The largest absolute Gasteiger partial charge is 0.482 e. The molecule has 43 heavy (non-hydrogen) atoms. The van der Waals surface area contributed by atoms with E-state index in [1.807, 2.05) is 30.3 Å². The molecule has 2 aromatic rings. The molecule has 228 valence electrons. The molecule has 3 N–H and O–H groups in total. The van der Waals surface area contributed by atoms with Gasteiger partial charge >= 0.3 is 0 Å². The van der Waals surface area contributed by atoms with E-state index < -0.39 is 35.6 Å². The zero-order valence-corrected chi connectivity index (χ0v) is 25.0. The summed E-state index contributed by atoms with van der Waals surface area (Å²) in [6.45, 7) is 0.657. The molecule has 4 amide bonds. The number of halogens is 2. The Balaban J connectivity index is 1.29. The molecule has 3 fully saturated rings. The van der Waals surface area contributed by atoms with Gasteiger partial charge in [0.25, 0.3) is 11.8 Å². The Morgan fingerprint density at radius 1 is 1.05 bits per heavy atom. The Morgan fingerprint density at radius 2 is 1.84 bits per heavy atom. The third-order valence-electron chi connectivity index (χ3n) is 8.56. The number of hydrogen-bond donors (Lipinski definition) is 3. The predicted molar refractivity (Wildman–Crippen MR) is 159 cm³/mol. The number of amides is 4. The highest BCUT2D eigenvalue weighted by molar-refractivity contribution is 6.38. The van der Waals surface area contributed by atoms with Crippen molar-refractivity contribution in [3.05, 3.63) is 64.1 Å². The lowest BCUT2D eigenvalue weighted by Gasteiger charge is -2.29. The minimum atomic E-state index is -1.22. The van der Waals surface area contributed by atoms with Crippen LogP contribution in [0.4, 0.5) is 0 Å². The highest BCUT2D eigenvalue weighted by Gasteiger charge is 2.50. The molecule has 0 spiro atoms. The summed E-state index contributed by atoms with van der Waals surface area (Å²) in [5.41, 5.74) is 0.814. The van der Waals surface area contributed by atoms with Gasteiger partial charge in [-0.1, -0.05) is 60.0 Å². The molecule has 2 heterocycles. The maximum atomic E-state index is 13.9. The van der Waals surface area contributed by atoms with Crippen molar-refractivity contribution in [2.45, 2.75) is 50.7 Å². The monoisotopic (exact) mass is 628 g/mol. The second kappa shape index (κ2) is 13.8. The van der Waals surface area contributed by atoms with Crippen molar-refractivity contribution in [1.82, 2.24) is 20.9 Å². The fourth-order valence-electron chi connectivity index (χ4n) is 6.38. The van der Waals surface area contributed by atoms with Crippen molar-refractivity contribution in [3.63, 3.8) is 0 Å². The fraction of sp³-hybridized carbons (Fsp3) is 0.452. The first-order valence-corrected chi connectivity index (χ1v) is 15.3. The Labute approximate surface area is 259 Å². The van der Waals surface area contributed by atoms with Crippen LogP contribution in [-0.4, -0.2) is 66.1 Å². The second-order valence-electron chi connectivity index (χ2n) is 11.3. The van der Waals surface area contributed by atoms with Crippen LogP contribution in [0.1, 0.15) is 37.7 Å². The highest BCUT2D eigenvalue weighted by Crippen LogP contribution is 2.42. The number of ketones is 1. The second-order valence-corrected chi connectivity index (χ2v) is 12.2. The van der Waals surface area contributed by atoms with Crippen LogP contribution in [0.25, 0.3) is 0 Å². The van der Waals surface area contributed by atoms with E-state index in [0.717, 1.165) is 24.8 Å². The molecule has 2 aromatic carbocycles. The molecule has 5 atom stereocenters. The highest BCUT2D eigenvalue weighted by atomic mass is 35.5. The van der Waals surface area contributed by atoms with Gasteiger partial charge < -0.3 is 25.6 Å². The van der Waals surface area contributed by atoms with Crippen molar-refractivity contribution in [2.24, 2.45) is 17.8 Å². The van der Waals surface area contributed by atoms with Crippen LogP contribution >= 0.6 is 23.2 Å². The van der Waals surface area contributed by atoms with Crippen LogP contribution < -0.4 is 20.7 Å². The number of carbonyl (C=O) groups excluding carboxylic acids is 5. The number of nitrogens with one attached hydrogen (secondary N) is 3. The van der Waals surface area contributed by atoms with Gasteiger partial charge in [-0.25, -0.2) is 0 Å². The van der Waals surface area contributed by atoms with Crippen LogP contribution in [-0.2, 0) is 30.5 Å². The first-order chi connectivity index (χ1) is 20.7. The maximum Gasteiger partial charge on any atom is 0.289 e. The molecule has 3 aliphatic rings. The molecule has 2 aliphatic heterocycles. The summed E-state index contributed by atoms with van der Waals surface area (Å²) in [6, 6.07) is 11.8. The first-order valence-electron chi connectivity index (χ1n) is 14.5. The smallest absolute Gasteiger partial charge is 0.289 e. The van der Waals surface area contributed by atoms with Gasteiger partial charge in [0, 0.05) is 30.6 Å². The average Bonchev–Trinajstić information content (AvgIpc) is 3.71. The lowest BCUT2D eigenvalue weighted by molar-refractivity contribution is -0.143. The molecule has 1 aliphatic carbocycles. The summed E-state index contributed by atoms with van der Waals surface area (Å²) < 4.78 is 5.67.